The number of carboxylic acids is 1. The molecule has 2 amide bonds. The van der Waals surface area contributed by atoms with Gasteiger partial charge in [-0.05, 0) is 44.1 Å². The Balaban J connectivity index is 1.53. The number of rotatable bonds is 6. The van der Waals surface area contributed by atoms with Gasteiger partial charge in [-0.2, -0.15) is 5.26 Å². The van der Waals surface area contributed by atoms with Crippen LogP contribution in [0.2, 0.25) is 0 Å². The molecular formula is C24H28FN3O5. The van der Waals surface area contributed by atoms with Gasteiger partial charge in [-0.25, -0.2) is 9.18 Å². The highest BCUT2D eigenvalue weighted by atomic mass is 19.1. The summed E-state index contributed by atoms with van der Waals surface area (Å²) in [6.07, 6.45) is 0.702. The van der Waals surface area contributed by atoms with E-state index in [9.17, 15) is 29.1 Å². The highest BCUT2D eigenvalue weighted by Crippen LogP contribution is 2.55. The minimum atomic E-state index is -1.27. The van der Waals surface area contributed by atoms with E-state index >= 15 is 0 Å². The largest absolute Gasteiger partial charge is 0.481 e. The van der Waals surface area contributed by atoms with Crippen molar-refractivity contribution in [2.75, 3.05) is 13.1 Å². The zero-order valence-electron chi connectivity index (χ0n) is 18.4. The molecule has 9 heteroatoms. The smallest absolute Gasteiger partial charge is 0.411 e. The molecule has 2 bridgehead atoms. The van der Waals surface area contributed by atoms with E-state index in [2.05, 4.69) is 0 Å². The Bertz CT molecular complexity index is 938. The van der Waals surface area contributed by atoms with Crippen LogP contribution in [0.25, 0.3) is 0 Å². The Hall–Kier alpha value is -3.15. The first-order valence-corrected chi connectivity index (χ1v) is 11.3. The molecule has 0 spiro atoms. The summed E-state index contributed by atoms with van der Waals surface area (Å²) in [5, 5.41) is 19.0. The lowest BCUT2D eigenvalue weighted by Gasteiger charge is -2.55. The van der Waals surface area contributed by atoms with Crippen LogP contribution >= 0.6 is 0 Å². The molecule has 33 heavy (non-hydrogen) atoms. The first kappa shape index (κ1) is 23.0. The number of carbonyl (C=O) groups excluding carboxylic acids is 2. The van der Waals surface area contributed by atoms with Crippen LogP contribution in [0.5, 0.6) is 0 Å². The average molecular weight is 458 g/mol. The van der Waals surface area contributed by atoms with E-state index in [1.165, 1.54) is 9.80 Å². The maximum atomic E-state index is 13.9. The lowest BCUT2D eigenvalue weighted by atomic mass is 9.56. The minimum Gasteiger partial charge on any atom is -0.481 e. The monoisotopic (exact) mass is 457 g/mol. The Kier molecular flexibility index (Phi) is 6.28. The fraction of sp³-hybridized carbons (Fsp3) is 0.583. The van der Waals surface area contributed by atoms with E-state index in [4.69, 9.17) is 4.74 Å². The summed E-state index contributed by atoms with van der Waals surface area (Å²) < 4.78 is 19.4. The molecule has 1 aliphatic heterocycles. The predicted molar refractivity (Wildman–Crippen MR) is 114 cm³/mol. The average Bonchev–Trinajstić information content (AvgIpc) is 3.23. The summed E-state index contributed by atoms with van der Waals surface area (Å²) in [5.74, 6) is -1.30. The van der Waals surface area contributed by atoms with Gasteiger partial charge in [0.2, 0.25) is 5.91 Å². The van der Waals surface area contributed by atoms with Gasteiger partial charge in [-0.1, -0.05) is 30.3 Å². The molecule has 2 atom stereocenters. The molecule has 1 saturated heterocycles. The van der Waals surface area contributed by atoms with Crippen molar-refractivity contribution in [1.82, 2.24) is 9.80 Å². The number of carbonyl (C=O) groups is 3. The number of nitriles is 1. The van der Waals surface area contributed by atoms with E-state index in [0.717, 1.165) is 5.56 Å². The number of hydrogen-bond acceptors (Lipinski definition) is 5. The Morgan fingerprint density at radius 3 is 2.36 bits per heavy atom. The number of benzene rings is 1. The molecule has 1 aromatic carbocycles. The second kappa shape index (κ2) is 9.00. The maximum absolute atomic E-state index is 13.9. The number of aliphatic carboxylic acids is 1. The Labute approximate surface area is 191 Å². The molecule has 1 aromatic rings. The molecule has 0 unspecified atom stereocenters. The van der Waals surface area contributed by atoms with Crippen molar-refractivity contribution in [1.29, 1.82) is 5.26 Å². The zero-order chi connectivity index (χ0) is 23.6. The predicted octanol–water partition coefficient (Wildman–Crippen LogP) is 3.27. The van der Waals surface area contributed by atoms with Gasteiger partial charge in [-0.15, -0.1) is 0 Å². The molecule has 3 aliphatic carbocycles. The molecule has 0 aromatic heterocycles. The van der Waals surface area contributed by atoms with Crippen molar-refractivity contribution in [3.05, 3.63) is 35.9 Å². The second-order valence-corrected chi connectivity index (χ2v) is 9.46. The van der Waals surface area contributed by atoms with Crippen LogP contribution in [-0.2, 0) is 20.9 Å². The number of amides is 2. The molecule has 4 aliphatic rings. The van der Waals surface area contributed by atoms with Gasteiger partial charge in [-0.3, -0.25) is 14.5 Å². The maximum Gasteiger partial charge on any atom is 0.411 e. The van der Waals surface area contributed by atoms with Crippen LogP contribution in [-0.4, -0.2) is 63.7 Å². The second-order valence-electron chi connectivity index (χ2n) is 9.46. The van der Waals surface area contributed by atoms with Gasteiger partial charge in [0.05, 0.1) is 18.0 Å². The van der Waals surface area contributed by atoms with Crippen LogP contribution in [0.4, 0.5) is 9.18 Å². The van der Waals surface area contributed by atoms with Gasteiger partial charge in [0.25, 0.3) is 0 Å². The van der Waals surface area contributed by atoms with Crippen LogP contribution in [0.1, 0.15) is 50.5 Å². The highest BCUT2D eigenvalue weighted by molar-refractivity contribution is 5.84. The quantitative estimate of drug-likeness (QED) is 0.702. The van der Waals surface area contributed by atoms with Crippen molar-refractivity contribution in [3.8, 4) is 6.07 Å². The summed E-state index contributed by atoms with van der Waals surface area (Å²) in [4.78, 5) is 40.8. The van der Waals surface area contributed by atoms with Crippen molar-refractivity contribution < 1.29 is 28.6 Å². The zero-order valence-corrected chi connectivity index (χ0v) is 18.4. The molecule has 4 fully saturated rings. The normalized spacial score (nSPS) is 30.5. The lowest BCUT2D eigenvalue weighted by molar-refractivity contribution is -0.160. The van der Waals surface area contributed by atoms with Crippen LogP contribution in [0.3, 0.4) is 0 Å². The number of carboxylic acid groups (broad SMARTS) is 1. The fourth-order valence-electron chi connectivity index (χ4n) is 5.52. The van der Waals surface area contributed by atoms with Crippen molar-refractivity contribution >= 4 is 18.0 Å². The molecule has 5 rings (SSSR count). The third-order valence-electron chi connectivity index (χ3n) is 7.67. The van der Waals surface area contributed by atoms with Crippen molar-refractivity contribution in [2.24, 2.45) is 5.41 Å². The third kappa shape index (κ3) is 4.39. The summed E-state index contributed by atoms with van der Waals surface area (Å²) in [6, 6.07) is 10.3. The van der Waals surface area contributed by atoms with Gasteiger partial charge in [0.1, 0.15) is 25.4 Å². The van der Waals surface area contributed by atoms with Crippen molar-refractivity contribution in [3.63, 3.8) is 0 Å². The Morgan fingerprint density at radius 2 is 1.79 bits per heavy atom. The number of fused-ring (bicyclic) bond motifs is 3. The van der Waals surface area contributed by atoms with Crippen LogP contribution in [0, 0.1) is 16.7 Å². The number of nitrogens with zero attached hydrogens (tertiary/aromatic N) is 3. The third-order valence-corrected chi connectivity index (χ3v) is 7.67. The van der Waals surface area contributed by atoms with E-state index in [1.54, 1.807) is 0 Å². The molecule has 1 N–H and O–H groups in total. The summed E-state index contributed by atoms with van der Waals surface area (Å²) in [7, 11) is 0. The summed E-state index contributed by atoms with van der Waals surface area (Å²) >= 11 is 0. The summed E-state index contributed by atoms with van der Waals surface area (Å²) in [6.45, 7) is -0.450. The molecule has 8 nitrogen and oxygen atoms in total. The van der Waals surface area contributed by atoms with E-state index in [-0.39, 0.29) is 26.1 Å². The minimum absolute atomic E-state index is 0.0348. The number of hydrogen-bond donors (Lipinski definition) is 1. The Morgan fingerprint density at radius 1 is 1.15 bits per heavy atom. The fourth-order valence-corrected chi connectivity index (χ4v) is 5.52. The molecule has 0 radical (unpaired) electrons. The lowest BCUT2D eigenvalue weighted by Crippen LogP contribution is -2.62. The van der Waals surface area contributed by atoms with E-state index < -0.39 is 41.1 Å². The van der Waals surface area contributed by atoms with Gasteiger partial charge >= 0.3 is 12.1 Å². The standard InChI is InChI=1S/C24H28FN3O5/c25-18-12-19(13-26)27(14-18)20(29)15-28(22(32)33-16-17-4-2-1-3-5-17)24-9-6-23(7-10-24,8-11-24)21(30)31/h1-5,18-19H,6-12,14-16H2,(H,30,31)/t18-,19-,23?,24?/m0/s1. The van der Waals surface area contributed by atoms with E-state index in [1.807, 2.05) is 36.4 Å². The SMILES string of the molecule is N#C[C@@H]1C[C@H](F)CN1C(=O)CN(C(=O)OCc1ccccc1)C12CCC(C(=O)O)(CC1)CC2. The molecule has 3 saturated carbocycles. The first-order chi connectivity index (χ1) is 15.8. The van der Waals surface area contributed by atoms with Gasteiger partial charge in [0, 0.05) is 12.0 Å². The summed E-state index contributed by atoms with van der Waals surface area (Å²) in [5.41, 5.74) is -0.651. The topological polar surface area (TPSA) is 111 Å². The number of halogens is 1. The molecule has 176 valence electrons. The number of ether oxygens (including phenoxy) is 1. The highest BCUT2D eigenvalue weighted by Gasteiger charge is 2.56. The molecular weight excluding hydrogens is 429 g/mol. The van der Waals surface area contributed by atoms with Crippen molar-refractivity contribution in [2.45, 2.75) is 69.3 Å². The molecule has 1 heterocycles. The van der Waals surface area contributed by atoms with Crippen LogP contribution in [0.15, 0.2) is 30.3 Å². The van der Waals surface area contributed by atoms with Crippen LogP contribution < -0.4 is 0 Å². The van der Waals surface area contributed by atoms with Gasteiger partial charge < -0.3 is 14.7 Å². The number of alkyl halides is 1. The van der Waals surface area contributed by atoms with Gasteiger partial charge in [0.15, 0.2) is 0 Å². The number of likely N-dealkylation sites (tertiary alicyclic amines) is 1. The first-order valence-electron chi connectivity index (χ1n) is 11.3. The van der Waals surface area contributed by atoms with E-state index in [0.29, 0.717) is 38.5 Å².